The maximum absolute atomic E-state index is 11.8. The first-order valence-electron chi connectivity index (χ1n) is 5.77. The van der Waals surface area contributed by atoms with Gasteiger partial charge >= 0.3 is 12.0 Å². The van der Waals surface area contributed by atoms with Gasteiger partial charge in [-0.3, -0.25) is 4.79 Å². The second-order valence-electron chi connectivity index (χ2n) is 5.02. The van der Waals surface area contributed by atoms with Crippen LogP contribution in [0.1, 0.15) is 26.7 Å². The number of amides is 2. The van der Waals surface area contributed by atoms with Gasteiger partial charge in [-0.25, -0.2) is 4.79 Å². The molecule has 1 unspecified atom stereocenters. The summed E-state index contributed by atoms with van der Waals surface area (Å²) in [6.07, 6.45) is 1.67. The minimum absolute atomic E-state index is 0.0459. The summed E-state index contributed by atoms with van der Waals surface area (Å²) in [5.74, 6) is -0.946. The fraction of sp³-hybridized carbons (Fsp3) is 0.818. The van der Waals surface area contributed by atoms with Crippen molar-refractivity contribution in [1.82, 2.24) is 10.2 Å². The lowest BCUT2D eigenvalue weighted by molar-refractivity contribution is -0.146. The van der Waals surface area contributed by atoms with E-state index in [1.807, 2.05) is 0 Å². The summed E-state index contributed by atoms with van der Waals surface area (Å²) in [6, 6.07) is -0.432. The first-order chi connectivity index (χ1) is 7.88. The van der Waals surface area contributed by atoms with Crippen LogP contribution >= 0.6 is 0 Å². The lowest BCUT2D eigenvalue weighted by Crippen LogP contribution is -2.48. The van der Waals surface area contributed by atoms with Gasteiger partial charge in [0.15, 0.2) is 0 Å². The molecule has 1 atom stereocenters. The minimum Gasteiger partial charge on any atom is -0.481 e. The third-order valence-electron chi connectivity index (χ3n) is 3.11. The fourth-order valence-electron chi connectivity index (χ4n) is 1.77. The summed E-state index contributed by atoms with van der Waals surface area (Å²) in [5, 5.41) is 20.6. The number of hydrogen-bond donors (Lipinski definition) is 3. The van der Waals surface area contributed by atoms with Gasteiger partial charge in [-0.2, -0.15) is 0 Å². The third kappa shape index (κ3) is 3.33. The average Bonchev–Trinajstić information content (AvgIpc) is 2.73. The maximum Gasteiger partial charge on any atom is 0.317 e. The molecule has 1 aliphatic heterocycles. The molecule has 3 N–H and O–H groups in total. The van der Waals surface area contributed by atoms with Crippen molar-refractivity contribution in [1.29, 1.82) is 0 Å². The van der Waals surface area contributed by atoms with Crippen LogP contribution in [0, 0.1) is 5.41 Å². The molecule has 6 heteroatoms. The molecule has 17 heavy (non-hydrogen) atoms. The predicted octanol–water partition coefficient (Wildman–Crippen LogP) is 0.263. The summed E-state index contributed by atoms with van der Waals surface area (Å²) in [7, 11) is 0. The van der Waals surface area contributed by atoms with E-state index in [9.17, 15) is 9.59 Å². The third-order valence-corrected chi connectivity index (χ3v) is 3.11. The molecule has 98 valence electrons. The lowest BCUT2D eigenvalue weighted by atomic mass is 9.94. The van der Waals surface area contributed by atoms with E-state index in [0.29, 0.717) is 6.54 Å². The Morgan fingerprint density at radius 2 is 2.12 bits per heavy atom. The van der Waals surface area contributed by atoms with Crippen molar-refractivity contribution in [2.75, 3.05) is 19.7 Å². The molecule has 0 aliphatic carbocycles. The predicted molar refractivity (Wildman–Crippen MR) is 61.6 cm³/mol. The summed E-state index contributed by atoms with van der Waals surface area (Å²) >= 11 is 0. The van der Waals surface area contributed by atoms with E-state index in [1.165, 1.54) is 0 Å². The molecule has 1 fully saturated rings. The highest BCUT2D eigenvalue weighted by Crippen LogP contribution is 2.18. The van der Waals surface area contributed by atoms with E-state index < -0.39 is 11.4 Å². The van der Waals surface area contributed by atoms with Gasteiger partial charge in [-0.05, 0) is 26.7 Å². The highest BCUT2D eigenvalue weighted by Gasteiger charge is 2.31. The molecule has 2 amide bonds. The van der Waals surface area contributed by atoms with E-state index in [1.54, 1.807) is 18.7 Å². The molecule has 1 saturated heterocycles. The van der Waals surface area contributed by atoms with Crippen molar-refractivity contribution < 1.29 is 19.8 Å². The highest BCUT2D eigenvalue weighted by molar-refractivity contribution is 5.78. The van der Waals surface area contributed by atoms with Gasteiger partial charge in [0, 0.05) is 13.1 Å². The second kappa shape index (κ2) is 5.35. The van der Waals surface area contributed by atoms with Crippen LogP contribution in [0.2, 0.25) is 0 Å². The number of aliphatic carboxylic acids is 1. The summed E-state index contributed by atoms with van der Waals surface area (Å²) in [6.45, 7) is 3.77. The average molecular weight is 244 g/mol. The number of aliphatic hydroxyl groups excluding tert-OH is 1. The monoisotopic (exact) mass is 244 g/mol. The quantitative estimate of drug-likeness (QED) is 0.662. The Balaban J connectivity index is 2.47. The normalized spacial score (nSPS) is 20.4. The van der Waals surface area contributed by atoms with Crippen molar-refractivity contribution >= 4 is 12.0 Å². The number of carbonyl (C=O) groups is 2. The first-order valence-corrected chi connectivity index (χ1v) is 5.77. The Labute approximate surface area is 101 Å². The molecule has 0 radical (unpaired) electrons. The Hall–Kier alpha value is -1.30. The van der Waals surface area contributed by atoms with Crippen LogP contribution in [0.5, 0.6) is 0 Å². The fourth-order valence-corrected chi connectivity index (χ4v) is 1.77. The van der Waals surface area contributed by atoms with E-state index in [4.69, 9.17) is 10.2 Å². The number of rotatable bonds is 4. The molecule has 0 saturated carbocycles. The number of urea groups is 1. The van der Waals surface area contributed by atoms with E-state index in [2.05, 4.69) is 5.32 Å². The molecule has 0 spiro atoms. The molecule has 0 aromatic carbocycles. The molecule has 1 aliphatic rings. The van der Waals surface area contributed by atoms with Crippen molar-refractivity contribution in [2.45, 2.75) is 32.7 Å². The van der Waals surface area contributed by atoms with Crippen LogP contribution in [0.3, 0.4) is 0 Å². The summed E-state index contributed by atoms with van der Waals surface area (Å²) in [4.78, 5) is 24.2. The van der Waals surface area contributed by atoms with E-state index >= 15 is 0 Å². The smallest absolute Gasteiger partial charge is 0.317 e. The molecular weight excluding hydrogens is 224 g/mol. The van der Waals surface area contributed by atoms with Crippen molar-refractivity contribution in [3.05, 3.63) is 0 Å². The van der Waals surface area contributed by atoms with Gasteiger partial charge < -0.3 is 20.4 Å². The number of aliphatic hydroxyl groups is 1. The molecule has 0 bridgehead atoms. The van der Waals surface area contributed by atoms with Crippen molar-refractivity contribution in [3.63, 3.8) is 0 Å². The zero-order chi connectivity index (χ0) is 13.1. The van der Waals surface area contributed by atoms with Gasteiger partial charge in [-0.15, -0.1) is 0 Å². The minimum atomic E-state index is -0.982. The molecule has 0 aromatic rings. The van der Waals surface area contributed by atoms with Gasteiger partial charge in [0.25, 0.3) is 0 Å². The van der Waals surface area contributed by atoms with Gasteiger partial charge in [0.05, 0.1) is 18.1 Å². The van der Waals surface area contributed by atoms with Crippen LogP contribution in [0.4, 0.5) is 4.79 Å². The number of carboxylic acid groups (broad SMARTS) is 1. The molecular formula is C11H20N2O4. The Kier molecular flexibility index (Phi) is 4.34. The van der Waals surface area contributed by atoms with Crippen LogP contribution in [0.25, 0.3) is 0 Å². The Bertz CT molecular complexity index is 304. The van der Waals surface area contributed by atoms with Crippen LogP contribution in [0.15, 0.2) is 0 Å². The lowest BCUT2D eigenvalue weighted by Gasteiger charge is -2.26. The number of carboxylic acids is 1. The van der Waals surface area contributed by atoms with Gasteiger partial charge in [-0.1, -0.05) is 0 Å². The molecule has 1 heterocycles. The molecule has 1 rings (SSSR count). The van der Waals surface area contributed by atoms with Crippen LogP contribution in [-0.2, 0) is 4.79 Å². The number of carbonyl (C=O) groups excluding carboxylic acids is 1. The zero-order valence-electron chi connectivity index (χ0n) is 10.3. The summed E-state index contributed by atoms with van der Waals surface area (Å²) in [5.41, 5.74) is -0.982. The number of nitrogens with one attached hydrogen (secondary N) is 1. The van der Waals surface area contributed by atoms with Crippen molar-refractivity contribution in [2.24, 2.45) is 5.41 Å². The molecule has 0 aromatic heterocycles. The number of likely N-dealkylation sites (tertiary alicyclic amines) is 1. The Morgan fingerprint density at radius 1 is 1.47 bits per heavy atom. The Morgan fingerprint density at radius 3 is 2.65 bits per heavy atom. The summed E-state index contributed by atoms with van der Waals surface area (Å²) < 4.78 is 0. The van der Waals surface area contributed by atoms with Gasteiger partial charge in [0.1, 0.15) is 0 Å². The van der Waals surface area contributed by atoms with Crippen molar-refractivity contribution in [3.8, 4) is 0 Å². The SMILES string of the molecule is CC(C)(CNC(=O)N1CCCC1CO)C(=O)O. The largest absolute Gasteiger partial charge is 0.481 e. The van der Waals surface area contributed by atoms with Crippen LogP contribution < -0.4 is 5.32 Å². The topological polar surface area (TPSA) is 89.9 Å². The maximum atomic E-state index is 11.8. The first kappa shape index (κ1) is 13.8. The molecule has 6 nitrogen and oxygen atoms in total. The second-order valence-corrected chi connectivity index (χ2v) is 5.02. The van der Waals surface area contributed by atoms with Gasteiger partial charge in [0.2, 0.25) is 0 Å². The van der Waals surface area contributed by atoms with Crippen LogP contribution in [-0.4, -0.2) is 52.9 Å². The number of nitrogens with zero attached hydrogens (tertiary/aromatic N) is 1. The van der Waals surface area contributed by atoms with E-state index in [0.717, 1.165) is 12.8 Å². The highest BCUT2D eigenvalue weighted by atomic mass is 16.4. The van der Waals surface area contributed by atoms with E-state index in [-0.39, 0.29) is 25.2 Å². The standard InChI is InChI=1S/C11H20N2O4/c1-11(2,9(15)16)7-12-10(17)13-5-3-4-8(13)6-14/h8,14H,3-7H2,1-2H3,(H,12,17)(H,15,16). The number of hydrogen-bond acceptors (Lipinski definition) is 3. The zero-order valence-corrected chi connectivity index (χ0v) is 10.3.